The minimum Gasteiger partial charge on any atom is -0.461 e. The van der Waals surface area contributed by atoms with Crippen LogP contribution in [0.1, 0.15) is 19.4 Å². The minimum absolute atomic E-state index is 0.0687. The molecule has 8 heteroatoms. The van der Waals surface area contributed by atoms with Crippen molar-refractivity contribution in [2.75, 3.05) is 5.43 Å². The highest BCUT2D eigenvalue weighted by Crippen LogP contribution is 2.25. The fourth-order valence-electron chi connectivity index (χ4n) is 1.50. The molecule has 21 heavy (non-hydrogen) atoms. The molecular weight excluding hydrogens is 338 g/mol. The smallest absolute Gasteiger partial charge is 0.330 e. The first kappa shape index (κ1) is 15.5. The molecule has 0 fully saturated rings. The number of benzene rings is 1. The summed E-state index contributed by atoms with van der Waals surface area (Å²) < 4.78 is 12.1. The van der Waals surface area contributed by atoms with Crippen LogP contribution >= 0.6 is 15.9 Å². The third-order valence-corrected chi connectivity index (χ3v) is 3.29. The molecule has 0 radical (unpaired) electrons. The van der Waals surface area contributed by atoms with Gasteiger partial charge in [-0.2, -0.15) is 9.97 Å². The Morgan fingerprint density at radius 1 is 1.19 bits per heavy atom. The number of nitrogens with two attached hydrogens (primary N) is 1. The largest absolute Gasteiger partial charge is 0.461 e. The van der Waals surface area contributed by atoms with E-state index in [2.05, 4.69) is 36.3 Å². The number of anilines is 1. The summed E-state index contributed by atoms with van der Waals surface area (Å²) in [4.78, 5) is 12.1. The molecule has 0 amide bonds. The number of aromatic nitrogens is 3. The Balaban J connectivity index is 2.27. The second-order valence-corrected chi connectivity index (χ2v) is 5.40. The summed E-state index contributed by atoms with van der Waals surface area (Å²) in [7, 11) is 0. The van der Waals surface area contributed by atoms with Crippen LogP contribution in [0.25, 0.3) is 0 Å². The summed E-state index contributed by atoms with van der Waals surface area (Å²) >= 11 is 3.43. The van der Waals surface area contributed by atoms with Gasteiger partial charge in [-0.25, -0.2) is 5.84 Å². The minimum atomic E-state index is -0.0687. The third kappa shape index (κ3) is 4.27. The number of hydrogen-bond donors (Lipinski definition) is 2. The Morgan fingerprint density at radius 3 is 2.52 bits per heavy atom. The lowest BCUT2D eigenvalue weighted by molar-refractivity contribution is 0.218. The predicted octanol–water partition coefficient (Wildman–Crippen LogP) is 2.81. The van der Waals surface area contributed by atoms with Crippen molar-refractivity contribution in [2.45, 2.75) is 26.9 Å². The van der Waals surface area contributed by atoms with Gasteiger partial charge in [-0.3, -0.25) is 5.43 Å². The topological polar surface area (TPSA) is 95.2 Å². The average Bonchev–Trinajstić information content (AvgIpc) is 2.42. The van der Waals surface area contributed by atoms with E-state index >= 15 is 0 Å². The standard InChI is InChI=1S/C13H16BrN5O2/c1-7(2)20-12-16-11(19-15)17-13(18-12)21-9-4-5-10(14)8(3)6-9/h4-7H,15H2,1-3H3,(H,16,17,18,19). The molecule has 3 N–H and O–H groups in total. The molecule has 1 aromatic carbocycles. The molecule has 0 aliphatic carbocycles. The van der Waals surface area contributed by atoms with Crippen LogP contribution in [0.3, 0.4) is 0 Å². The van der Waals surface area contributed by atoms with Crippen LogP contribution in [0, 0.1) is 6.92 Å². The van der Waals surface area contributed by atoms with E-state index in [9.17, 15) is 0 Å². The fourth-order valence-corrected chi connectivity index (χ4v) is 1.74. The maximum Gasteiger partial charge on any atom is 0.330 e. The Hall–Kier alpha value is -1.93. The summed E-state index contributed by atoms with van der Waals surface area (Å²) in [5.74, 6) is 6.12. The van der Waals surface area contributed by atoms with Crippen molar-refractivity contribution < 1.29 is 9.47 Å². The summed E-state index contributed by atoms with van der Waals surface area (Å²) in [6.07, 6.45) is -0.0687. The van der Waals surface area contributed by atoms with Gasteiger partial charge in [-0.05, 0) is 44.5 Å². The molecule has 0 aliphatic heterocycles. The molecule has 1 aromatic heterocycles. The van der Waals surface area contributed by atoms with Gasteiger partial charge in [0.05, 0.1) is 6.10 Å². The van der Waals surface area contributed by atoms with Crippen molar-refractivity contribution in [3.05, 3.63) is 28.2 Å². The second kappa shape index (κ2) is 6.68. The van der Waals surface area contributed by atoms with Crippen LogP contribution in [0.15, 0.2) is 22.7 Å². The Bertz CT molecular complexity index is 636. The summed E-state index contributed by atoms with van der Waals surface area (Å²) in [6, 6.07) is 5.82. The van der Waals surface area contributed by atoms with Gasteiger partial charge in [-0.15, -0.1) is 4.98 Å². The number of nitrogens with one attached hydrogen (secondary N) is 1. The molecule has 0 unspecified atom stereocenters. The molecule has 0 aliphatic rings. The number of hydrogen-bond acceptors (Lipinski definition) is 7. The van der Waals surface area contributed by atoms with Crippen LogP contribution in [0.5, 0.6) is 17.8 Å². The molecule has 0 saturated carbocycles. The van der Waals surface area contributed by atoms with E-state index in [0.29, 0.717) is 5.75 Å². The normalized spacial score (nSPS) is 10.6. The van der Waals surface area contributed by atoms with Crippen molar-refractivity contribution in [3.63, 3.8) is 0 Å². The zero-order valence-corrected chi connectivity index (χ0v) is 13.5. The van der Waals surface area contributed by atoms with Gasteiger partial charge in [0.2, 0.25) is 5.95 Å². The summed E-state index contributed by atoms with van der Waals surface area (Å²) in [5, 5.41) is 0. The first-order valence-electron chi connectivity index (χ1n) is 6.31. The lowest BCUT2D eigenvalue weighted by atomic mass is 10.2. The van der Waals surface area contributed by atoms with Gasteiger partial charge >= 0.3 is 12.0 Å². The van der Waals surface area contributed by atoms with Crippen molar-refractivity contribution in [3.8, 4) is 17.8 Å². The number of ether oxygens (including phenoxy) is 2. The molecular formula is C13H16BrN5O2. The highest BCUT2D eigenvalue weighted by molar-refractivity contribution is 9.10. The highest BCUT2D eigenvalue weighted by Gasteiger charge is 2.10. The number of rotatable bonds is 5. The number of nitrogens with zero attached hydrogens (tertiary/aromatic N) is 3. The van der Waals surface area contributed by atoms with Crippen LogP contribution < -0.4 is 20.7 Å². The molecule has 0 bridgehead atoms. The Labute approximate surface area is 131 Å². The van der Waals surface area contributed by atoms with Crippen LogP contribution in [-0.2, 0) is 0 Å². The zero-order valence-electron chi connectivity index (χ0n) is 11.9. The molecule has 2 rings (SSSR count). The molecule has 1 heterocycles. The van der Waals surface area contributed by atoms with Crippen molar-refractivity contribution in [2.24, 2.45) is 5.84 Å². The lowest BCUT2D eigenvalue weighted by Crippen LogP contribution is -2.14. The van der Waals surface area contributed by atoms with Gasteiger partial charge in [0, 0.05) is 4.47 Å². The van der Waals surface area contributed by atoms with Crippen molar-refractivity contribution in [1.82, 2.24) is 15.0 Å². The number of hydrazine groups is 1. The van der Waals surface area contributed by atoms with Gasteiger partial charge < -0.3 is 9.47 Å². The zero-order chi connectivity index (χ0) is 15.4. The molecule has 0 atom stereocenters. The maximum absolute atomic E-state index is 5.62. The number of nitrogen functional groups attached to an aromatic ring is 1. The van der Waals surface area contributed by atoms with E-state index < -0.39 is 0 Å². The molecule has 0 spiro atoms. The van der Waals surface area contributed by atoms with E-state index in [1.165, 1.54) is 0 Å². The summed E-state index contributed by atoms with van der Waals surface area (Å²) in [6.45, 7) is 5.71. The molecule has 0 saturated heterocycles. The van der Waals surface area contributed by atoms with Crippen molar-refractivity contribution >= 4 is 21.9 Å². The Kier molecular flexibility index (Phi) is 4.92. The lowest BCUT2D eigenvalue weighted by Gasteiger charge is -2.10. The van der Waals surface area contributed by atoms with Crippen molar-refractivity contribution in [1.29, 1.82) is 0 Å². The highest BCUT2D eigenvalue weighted by atomic mass is 79.9. The predicted molar refractivity (Wildman–Crippen MR) is 82.4 cm³/mol. The van der Waals surface area contributed by atoms with Gasteiger partial charge in [-0.1, -0.05) is 15.9 Å². The van der Waals surface area contributed by atoms with E-state index in [-0.39, 0.29) is 24.1 Å². The van der Waals surface area contributed by atoms with E-state index in [4.69, 9.17) is 15.3 Å². The SMILES string of the molecule is Cc1cc(Oc2nc(NN)nc(OC(C)C)n2)ccc1Br. The number of aryl methyl sites for hydroxylation is 1. The van der Waals surface area contributed by atoms with E-state index in [1.54, 1.807) is 6.07 Å². The van der Waals surface area contributed by atoms with Gasteiger partial charge in [0.1, 0.15) is 5.75 Å². The van der Waals surface area contributed by atoms with E-state index in [1.807, 2.05) is 32.9 Å². The Morgan fingerprint density at radius 2 is 1.90 bits per heavy atom. The molecule has 7 nitrogen and oxygen atoms in total. The van der Waals surface area contributed by atoms with Crippen LogP contribution in [0.2, 0.25) is 0 Å². The first-order chi connectivity index (χ1) is 9.97. The van der Waals surface area contributed by atoms with Gasteiger partial charge in [0.15, 0.2) is 0 Å². The molecule has 112 valence electrons. The quantitative estimate of drug-likeness (QED) is 0.630. The summed E-state index contributed by atoms with van der Waals surface area (Å²) in [5.41, 5.74) is 3.40. The monoisotopic (exact) mass is 353 g/mol. The third-order valence-electron chi connectivity index (χ3n) is 2.40. The maximum atomic E-state index is 5.62. The first-order valence-corrected chi connectivity index (χ1v) is 7.10. The van der Waals surface area contributed by atoms with E-state index in [0.717, 1.165) is 10.0 Å². The van der Waals surface area contributed by atoms with Crippen LogP contribution in [0.4, 0.5) is 5.95 Å². The molecule has 2 aromatic rings. The average molecular weight is 354 g/mol. The second-order valence-electron chi connectivity index (χ2n) is 4.55. The number of halogens is 1. The fraction of sp³-hybridized carbons (Fsp3) is 0.308. The van der Waals surface area contributed by atoms with Gasteiger partial charge in [0.25, 0.3) is 0 Å². The van der Waals surface area contributed by atoms with Crippen LogP contribution in [-0.4, -0.2) is 21.1 Å².